The van der Waals surface area contributed by atoms with Crippen LogP contribution in [0.5, 0.6) is 5.75 Å². The molecule has 1 aromatic carbocycles. The molecule has 0 aliphatic carbocycles. The average molecular weight is 262 g/mol. The van der Waals surface area contributed by atoms with Crippen LogP contribution >= 0.6 is 0 Å². The summed E-state index contributed by atoms with van der Waals surface area (Å²) in [7, 11) is 3.30. The molecular weight excluding hydrogens is 248 g/mol. The third-order valence-corrected chi connectivity index (χ3v) is 2.67. The smallest absolute Gasteiger partial charge is 0.273 e. The number of nitrogens with zero attached hydrogens (tertiary/aromatic N) is 1. The normalized spacial score (nSPS) is 10.4. The fourth-order valence-electron chi connectivity index (χ4n) is 1.79. The van der Waals surface area contributed by atoms with Gasteiger partial charge in [0.05, 0.1) is 30.2 Å². The number of furan rings is 1. The van der Waals surface area contributed by atoms with Gasteiger partial charge in [0.2, 0.25) is 0 Å². The molecule has 6 heteroatoms. The van der Waals surface area contributed by atoms with E-state index in [1.807, 2.05) is 19.2 Å². The molecule has 0 aliphatic heterocycles. The lowest BCUT2D eigenvalue weighted by Crippen LogP contribution is -2.03. The van der Waals surface area contributed by atoms with E-state index in [1.54, 1.807) is 6.07 Å². The number of non-ortho nitro benzene ring substituents is 1. The van der Waals surface area contributed by atoms with Gasteiger partial charge >= 0.3 is 0 Å². The Morgan fingerprint density at radius 2 is 2.16 bits per heavy atom. The molecule has 0 fully saturated rings. The highest BCUT2D eigenvalue weighted by Gasteiger charge is 2.15. The molecule has 0 aliphatic rings. The first kappa shape index (κ1) is 13.1. The first-order valence-electron chi connectivity index (χ1n) is 5.72. The minimum atomic E-state index is -0.457. The number of nitro groups is 1. The summed E-state index contributed by atoms with van der Waals surface area (Å²) in [5.41, 5.74) is 0.679. The van der Waals surface area contributed by atoms with E-state index in [-0.39, 0.29) is 5.69 Å². The van der Waals surface area contributed by atoms with Crippen molar-refractivity contribution in [3.05, 3.63) is 46.2 Å². The monoisotopic (exact) mass is 262 g/mol. The van der Waals surface area contributed by atoms with E-state index in [2.05, 4.69) is 5.32 Å². The van der Waals surface area contributed by atoms with Crippen molar-refractivity contribution in [2.24, 2.45) is 0 Å². The Morgan fingerprint density at radius 1 is 1.37 bits per heavy atom. The Morgan fingerprint density at radius 3 is 2.79 bits per heavy atom. The molecule has 0 atom stereocenters. The van der Waals surface area contributed by atoms with E-state index >= 15 is 0 Å². The minimum absolute atomic E-state index is 0.0115. The molecule has 1 heterocycles. The number of nitro benzene ring substituents is 1. The molecule has 0 amide bonds. The van der Waals surface area contributed by atoms with Crippen molar-refractivity contribution in [3.8, 4) is 17.1 Å². The second-order valence-electron chi connectivity index (χ2n) is 3.94. The fourth-order valence-corrected chi connectivity index (χ4v) is 1.79. The summed E-state index contributed by atoms with van der Waals surface area (Å²) < 4.78 is 10.8. The van der Waals surface area contributed by atoms with Crippen molar-refractivity contribution in [2.75, 3.05) is 14.2 Å². The number of methoxy groups -OCH3 is 1. The molecule has 1 aromatic heterocycles. The van der Waals surface area contributed by atoms with Crippen LogP contribution in [0.2, 0.25) is 0 Å². The fraction of sp³-hybridized carbons (Fsp3) is 0.231. The van der Waals surface area contributed by atoms with Gasteiger partial charge in [0, 0.05) is 6.07 Å². The molecule has 100 valence electrons. The van der Waals surface area contributed by atoms with Crippen LogP contribution in [0, 0.1) is 10.1 Å². The van der Waals surface area contributed by atoms with Crippen molar-refractivity contribution in [1.82, 2.24) is 5.32 Å². The van der Waals surface area contributed by atoms with Crippen LogP contribution in [-0.4, -0.2) is 19.1 Å². The lowest BCUT2D eigenvalue weighted by molar-refractivity contribution is -0.384. The maximum Gasteiger partial charge on any atom is 0.273 e. The Hall–Kier alpha value is -2.34. The summed E-state index contributed by atoms with van der Waals surface area (Å²) in [5.74, 6) is 1.83. The Labute approximate surface area is 110 Å². The summed E-state index contributed by atoms with van der Waals surface area (Å²) in [4.78, 5) is 10.3. The number of benzene rings is 1. The zero-order valence-corrected chi connectivity index (χ0v) is 10.7. The van der Waals surface area contributed by atoms with E-state index in [0.717, 1.165) is 5.76 Å². The maximum absolute atomic E-state index is 10.7. The number of ether oxygens (including phenoxy) is 1. The first-order chi connectivity index (χ1) is 9.15. The van der Waals surface area contributed by atoms with Gasteiger partial charge in [0.1, 0.15) is 17.3 Å². The average Bonchev–Trinajstić information content (AvgIpc) is 2.86. The molecule has 0 radical (unpaired) electrons. The van der Waals surface area contributed by atoms with Crippen LogP contribution in [0.25, 0.3) is 11.3 Å². The van der Waals surface area contributed by atoms with Gasteiger partial charge in [-0.3, -0.25) is 10.1 Å². The van der Waals surface area contributed by atoms with Crippen molar-refractivity contribution in [1.29, 1.82) is 0 Å². The minimum Gasteiger partial charge on any atom is -0.496 e. The SMILES string of the molecule is CNCc1ccc(-c2ccc([N+](=O)[O-])cc2OC)o1. The van der Waals surface area contributed by atoms with Crippen LogP contribution in [0.15, 0.2) is 34.7 Å². The van der Waals surface area contributed by atoms with E-state index in [4.69, 9.17) is 9.15 Å². The second kappa shape index (κ2) is 5.53. The van der Waals surface area contributed by atoms with Crippen molar-refractivity contribution in [2.45, 2.75) is 6.54 Å². The molecule has 0 spiro atoms. The molecular formula is C13H14N2O4. The summed E-state index contributed by atoms with van der Waals surface area (Å²) in [6, 6.07) is 8.11. The molecule has 0 unspecified atom stereocenters. The quantitative estimate of drug-likeness (QED) is 0.662. The number of hydrogen-bond acceptors (Lipinski definition) is 5. The molecule has 2 aromatic rings. The Bertz CT molecular complexity index is 592. The molecule has 6 nitrogen and oxygen atoms in total. The first-order valence-corrected chi connectivity index (χ1v) is 5.72. The van der Waals surface area contributed by atoms with Crippen LogP contribution < -0.4 is 10.1 Å². The molecule has 2 rings (SSSR count). The van der Waals surface area contributed by atoms with E-state index in [9.17, 15) is 10.1 Å². The predicted octanol–water partition coefficient (Wildman–Crippen LogP) is 2.58. The van der Waals surface area contributed by atoms with Crippen molar-refractivity contribution in [3.63, 3.8) is 0 Å². The van der Waals surface area contributed by atoms with Gasteiger partial charge in [-0.1, -0.05) is 0 Å². The number of hydrogen-bond donors (Lipinski definition) is 1. The summed E-state index contributed by atoms with van der Waals surface area (Å²) >= 11 is 0. The second-order valence-corrected chi connectivity index (χ2v) is 3.94. The third kappa shape index (κ3) is 2.74. The zero-order chi connectivity index (χ0) is 13.8. The van der Waals surface area contributed by atoms with E-state index < -0.39 is 4.92 Å². The van der Waals surface area contributed by atoms with E-state index in [1.165, 1.54) is 19.2 Å². The highest BCUT2D eigenvalue weighted by molar-refractivity contribution is 5.68. The van der Waals surface area contributed by atoms with E-state index in [0.29, 0.717) is 23.6 Å². The molecule has 0 bridgehead atoms. The lowest BCUT2D eigenvalue weighted by atomic mass is 10.1. The topological polar surface area (TPSA) is 77.5 Å². The maximum atomic E-state index is 10.7. The molecule has 0 saturated carbocycles. The van der Waals surface area contributed by atoms with Crippen LogP contribution in [0.1, 0.15) is 5.76 Å². The number of rotatable bonds is 5. The zero-order valence-electron chi connectivity index (χ0n) is 10.7. The van der Waals surface area contributed by atoms with Crippen LogP contribution in [-0.2, 0) is 6.54 Å². The van der Waals surface area contributed by atoms with Gasteiger partial charge in [-0.25, -0.2) is 0 Å². The highest BCUT2D eigenvalue weighted by atomic mass is 16.6. The van der Waals surface area contributed by atoms with Gasteiger partial charge in [-0.15, -0.1) is 0 Å². The van der Waals surface area contributed by atoms with Crippen molar-refractivity contribution >= 4 is 5.69 Å². The van der Waals surface area contributed by atoms with Gasteiger partial charge in [-0.05, 0) is 25.2 Å². The molecule has 19 heavy (non-hydrogen) atoms. The third-order valence-electron chi connectivity index (χ3n) is 2.67. The Kier molecular flexibility index (Phi) is 3.82. The van der Waals surface area contributed by atoms with Gasteiger partial charge in [0.15, 0.2) is 0 Å². The predicted molar refractivity (Wildman–Crippen MR) is 70.1 cm³/mol. The van der Waals surface area contributed by atoms with Gasteiger partial charge < -0.3 is 14.5 Å². The summed E-state index contributed by atoms with van der Waals surface area (Å²) in [6.07, 6.45) is 0. The summed E-state index contributed by atoms with van der Waals surface area (Å²) in [5, 5.41) is 13.7. The summed E-state index contributed by atoms with van der Waals surface area (Å²) in [6.45, 7) is 0.620. The van der Waals surface area contributed by atoms with Crippen LogP contribution in [0.4, 0.5) is 5.69 Å². The lowest BCUT2D eigenvalue weighted by Gasteiger charge is -2.05. The largest absolute Gasteiger partial charge is 0.496 e. The number of nitrogens with one attached hydrogen (secondary N) is 1. The van der Waals surface area contributed by atoms with Gasteiger partial charge in [-0.2, -0.15) is 0 Å². The van der Waals surface area contributed by atoms with Crippen molar-refractivity contribution < 1.29 is 14.1 Å². The molecule has 1 N–H and O–H groups in total. The Balaban J connectivity index is 2.40. The van der Waals surface area contributed by atoms with Crippen LogP contribution in [0.3, 0.4) is 0 Å². The van der Waals surface area contributed by atoms with Gasteiger partial charge in [0.25, 0.3) is 5.69 Å². The standard InChI is InChI=1S/C13H14N2O4/c1-14-8-10-4-6-12(19-10)11-5-3-9(15(16)17)7-13(11)18-2/h3-7,14H,8H2,1-2H3. The highest BCUT2D eigenvalue weighted by Crippen LogP contribution is 2.34. The molecule has 0 saturated heterocycles.